The average Bonchev–Trinajstić information content (AvgIpc) is 2.69. The Kier molecular flexibility index (Phi) is 4.02. The van der Waals surface area contributed by atoms with Gasteiger partial charge in [-0.1, -0.05) is 22.6 Å². The summed E-state index contributed by atoms with van der Waals surface area (Å²) in [4.78, 5) is 4.27. The molecule has 0 fully saturated rings. The first-order valence-corrected chi connectivity index (χ1v) is 6.80. The molecule has 0 aliphatic carbocycles. The van der Waals surface area contributed by atoms with E-state index in [4.69, 9.17) is 4.42 Å². The molecule has 0 atom stereocenters. The van der Waals surface area contributed by atoms with Crippen molar-refractivity contribution in [3.05, 3.63) is 35.7 Å². The number of nitrogens with zero attached hydrogens (tertiary/aromatic N) is 1. The maximum Gasteiger partial charge on any atom is 0.573 e. The van der Waals surface area contributed by atoms with Crippen LogP contribution < -0.4 is 4.74 Å². The van der Waals surface area contributed by atoms with Crippen molar-refractivity contribution in [3.63, 3.8) is 0 Å². The molecule has 0 aliphatic heterocycles. The van der Waals surface area contributed by atoms with Gasteiger partial charge in [0.1, 0.15) is 11.5 Å². The van der Waals surface area contributed by atoms with Crippen molar-refractivity contribution < 1.29 is 22.3 Å². The second-order valence-electron chi connectivity index (χ2n) is 3.73. The largest absolute Gasteiger partial charge is 0.573 e. The van der Waals surface area contributed by atoms with Crippen molar-refractivity contribution in [2.75, 3.05) is 0 Å². The highest BCUT2D eigenvalue weighted by atomic mass is 127. The Bertz CT molecular complexity index is 563. The molecule has 0 amide bonds. The number of hydrogen-bond acceptors (Lipinski definition) is 3. The zero-order chi connectivity index (χ0) is 14.0. The predicted octanol–water partition coefficient (Wildman–Crippen LogP) is 4.48. The maximum absolute atomic E-state index is 12.0. The number of hydrogen-bond donors (Lipinski definition) is 0. The zero-order valence-corrected chi connectivity index (χ0v) is 11.9. The molecule has 3 nitrogen and oxygen atoms in total. The van der Waals surface area contributed by atoms with Crippen LogP contribution in [0.1, 0.15) is 11.5 Å². The lowest BCUT2D eigenvalue weighted by Gasteiger charge is -2.08. The van der Waals surface area contributed by atoms with Crippen LogP contribution in [0.5, 0.6) is 5.75 Å². The Morgan fingerprint density at radius 2 is 1.89 bits per heavy atom. The number of aryl methyl sites for hydroxylation is 1. The second-order valence-corrected chi connectivity index (χ2v) is 4.49. The van der Waals surface area contributed by atoms with E-state index in [1.165, 1.54) is 24.3 Å². The van der Waals surface area contributed by atoms with Gasteiger partial charge >= 0.3 is 6.36 Å². The molecule has 7 heteroatoms. The lowest BCUT2D eigenvalue weighted by Crippen LogP contribution is -2.16. The second kappa shape index (κ2) is 5.40. The van der Waals surface area contributed by atoms with Crippen molar-refractivity contribution in [2.45, 2.75) is 17.7 Å². The molecule has 2 rings (SSSR count). The third-order valence-corrected chi connectivity index (χ3v) is 3.08. The highest BCUT2D eigenvalue weighted by molar-refractivity contribution is 14.1. The number of halogens is 4. The third kappa shape index (κ3) is 3.62. The molecule has 1 heterocycles. The zero-order valence-electron chi connectivity index (χ0n) is 9.79. The number of oxazole rings is 1. The fourth-order valence-corrected chi connectivity index (χ4v) is 2.18. The van der Waals surface area contributed by atoms with E-state index in [1.54, 1.807) is 6.92 Å². The summed E-state index contributed by atoms with van der Waals surface area (Å²) >= 11 is 2.16. The van der Waals surface area contributed by atoms with Gasteiger partial charge in [-0.3, -0.25) is 0 Å². The van der Waals surface area contributed by atoms with Crippen LogP contribution in [0.2, 0.25) is 0 Å². The highest BCUT2D eigenvalue weighted by Crippen LogP contribution is 2.27. The predicted molar refractivity (Wildman–Crippen MR) is 71.1 cm³/mol. The summed E-state index contributed by atoms with van der Waals surface area (Å²) in [6, 6.07) is 5.41. The van der Waals surface area contributed by atoms with Gasteiger partial charge in [0.15, 0.2) is 0 Å². The summed E-state index contributed by atoms with van der Waals surface area (Å²) < 4.78 is 46.0. The number of alkyl halides is 4. The van der Waals surface area contributed by atoms with Crippen LogP contribution in [-0.2, 0) is 4.43 Å². The van der Waals surface area contributed by atoms with Crippen LogP contribution in [0.25, 0.3) is 11.5 Å². The van der Waals surface area contributed by atoms with E-state index in [1.807, 2.05) is 0 Å². The van der Waals surface area contributed by atoms with Crippen molar-refractivity contribution >= 4 is 22.6 Å². The quantitative estimate of drug-likeness (QED) is 0.579. The topological polar surface area (TPSA) is 35.3 Å². The molecule has 0 radical (unpaired) electrons. The maximum atomic E-state index is 12.0. The number of rotatable bonds is 3. The van der Waals surface area contributed by atoms with Crippen molar-refractivity contribution in [2.24, 2.45) is 0 Å². The molecular weight excluding hydrogens is 374 g/mol. The third-order valence-electron chi connectivity index (χ3n) is 2.35. The first kappa shape index (κ1) is 14.2. The summed E-state index contributed by atoms with van der Waals surface area (Å²) in [6.07, 6.45) is -4.69. The molecule has 1 aromatic heterocycles. The Morgan fingerprint density at radius 1 is 1.26 bits per heavy atom. The molecule has 19 heavy (non-hydrogen) atoms. The Labute approximate surface area is 120 Å². The van der Waals surface area contributed by atoms with E-state index >= 15 is 0 Å². The van der Waals surface area contributed by atoms with E-state index in [2.05, 4.69) is 32.3 Å². The molecule has 2 aromatic rings. The van der Waals surface area contributed by atoms with E-state index in [-0.39, 0.29) is 5.75 Å². The summed E-state index contributed by atoms with van der Waals surface area (Å²) in [7, 11) is 0. The molecule has 1 aromatic carbocycles. The minimum atomic E-state index is -4.69. The van der Waals surface area contributed by atoms with Gasteiger partial charge in [-0.2, -0.15) is 0 Å². The number of benzene rings is 1. The van der Waals surface area contributed by atoms with Gasteiger partial charge < -0.3 is 9.15 Å². The van der Waals surface area contributed by atoms with Crippen LogP contribution in [-0.4, -0.2) is 11.3 Å². The normalized spacial score (nSPS) is 11.6. The van der Waals surface area contributed by atoms with E-state index < -0.39 is 6.36 Å². The summed E-state index contributed by atoms with van der Waals surface area (Å²) in [5, 5.41) is 0. The average molecular weight is 383 g/mol. The van der Waals surface area contributed by atoms with Gasteiger partial charge in [0.25, 0.3) is 0 Å². The Hall–Kier alpha value is -1.25. The Balaban J connectivity index is 2.22. The molecule has 0 saturated carbocycles. The summed E-state index contributed by atoms with van der Waals surface area (Å²) in [5.41, 5.74) is 1.43. The summed E-state index contributed by atoms with van der Waals surface area (Å²) in [5.74, 6) is 0.830. The van der Waals surface area contributed by atoms with Crippen LogP contribution in [0.4, 0.5) is 13.2 Å². The van der Waals surface area contributed by atoms with E-state index in [9.17, 15) is 13.2 Å². The molecule has 0 bridgehead atoms. The highest BCUT2D eigenvalue weighted by Gasteiger charge is 2.31. The first-order chi connectivity index (χ1) is 8.89. The lowest BCUT2D eigenvalue weighted by molar-refractivity contribution is -0.274. The van der Waals surface area contributed by atoms with Crippen LogP contribution in [0.3, 0.4) is 0 Å². The van der Waals surface area contributed by atoms with Gasteiger partial charge in [-0.25, -0.2) is 4.98 Å². The van der Waals surface area contributed by atoms with Gasteiger partial charge in [-0.15, -0.1) is 13.2 Å². The van der Waals surface area contributed by atoms with Crippen LogP contribution >= 0.6 is 22.6 Å². The van der Waals surface area contributed by atoms with Crippen LogP contribution in [0, 0.1) is 6.92 Å². The van der Waals surface area contributed by atoms with Gasteiger partial charge in [0.05, 0.1) is 5.69 Å². The van der Waals surface area contributed by atoms with Crippen molar-refractivity contribution in [3.8, 4) is 17.2 Å². The fourth-order valence-electron chi connectivity index (χ4n) is 1.47. The monoisotopic (exact) mass is 383 g/mol. The SMILES string of the molecule is Cc1oc(-c2ccc(OC(F)(F)F)cc2)nc1CI. The molecule has 0 N–H and O–H groups in total. The molecule has 0 aliphatic rings. The lowest BCUT2D eigenvalue weighted by atomic mass is 10.2. The van der Waals surface area contributed by atoms with E-state index in [0.717, 1.165) is 5.69 Å². The standard InChI is InChI=1S/C12H9F3INO2/c1-7-10(6-16)17-11(18-7)8-2-4-9(5-3-8)19-12(13,14)15/h2-5H,6H2,1H3. The molecule has 0 saturated heterocycles. The fraction of sp³-hybridized carbons (Fsp3) is 0.250. The number of aromatic nitrogens is 1. The van der Waals surface area contributed by atoms with Crippen LogP contribution in [0.15, 0.2) is 28.7 Å². The minimum absolute atomic E-state index is 0.270. The summed E-state index contributed by atoms with van der Waals surface area (Å²) in [6.45, 7) is 1.80. The van der Waals surface area contributed by atoms with Gasteiger partial charge in [0.2, 0.25) is 5.89 Å². The van der Waals surface area contributed by atoms with Gasteiger partial charge in [-0.05, 0) is 31.2 Å². The molecular formula is C12H9F3INO2. The smallest absolute Gasteiger partial charge is 0.441 e. The first-order valence-electron chi connectivity index (χ1n) is 5.27. The number of ether oxygens (including phenoxy) is 1. The molecule has 0 spiro atoms. The van der Waals surface area contributed by atoms with Crippen molar-refractivity contribution in [1.82, 2.24) is 4.98 Å². The Morgan fingerprint density at radius 3 is 2.37 bits per heavy atom. The van der Waals surface area contributed by atoms with Crippen molar-refractivity contribution in [1.29, 1.82) is 0 Å². The molecule has 102 valence electrons. The van der Waals surface area contributed by atoms with E-state index in [0.29, 0.717) is 21.6 Å². The van der Waals surface area contributed by atoms with Gasteiger partial charge in [0, 0.05) is 9.99 Å². The molecule has 0 unspecified atom stereocenters. The minimum Gasteiger partial charge on any atom is -0.441 e.